The molecule has 0 aliphatic carbocycles. The molecule has 0 atom stereocenters. The van der Waals surface area contributed by atoms with Crippen molar-refractivity contribution < 1.29 is 27.7 Å². The molecule has 0 aromatic heterocycles. The second kappa shape index (κ2) is 10.2. The lowest BCUT2D eigenvalue weighted by Gasteiger charge is -2.22. The van der Waals surface area contributed by atoms with Crippen molar-refractivity contribution in [3.05, 3.63) is 57.6 Å². The Kier molecular flexibility index (Phi) is 7.52. The van der Waals surface area contributed by atoms with Gasteiger partial charge < -0.3 is 15.0 Å². The summed E-state index contributed by atoms with van der Waals surface area (Å²) in [5, 5.41) is 13.4. The largest absolute Gasteiger partial charge is 0.452 e. The fraction of sp³-hybridized carbons (Fsp3) is 0.364. The van der Waals surface area contributed by atoms with Gasteiger partial charge in [-0.05, 0) is 49.6 Å². The monoisotopic (exact) mass is 490 g/mol. The maximum atomic E-state index is 12.9. The summed E-state index contributed by atoms with van der Waals surface area (Å²) < 4.78 is 31.4. The highest BCUT2D eigenvalue weighted by molar-refractivity contribution is 7.89. The van der Waals surface area contributed by atoms with Crippen molar-refractivity contribution in [1.29, 1.82) is 0 Å². The molecular formula is C22H26N4O7S. The van der Waals surface area contributed by atoms with Crippen LogP contribution >= 0.6 is 0 Å². The average Bonchev–Trinajstić information content (AvgIpc) is 3.33. The summed E-state index contributed by atoms with van der Waals surface area (Å²) in [5.41, 5.74) is 1.33. The minimum Gasteiger partial charge on any atom is -0.452 e. The van der Waals surface area contributed by atoms with Crippen LogP contribution in [0.3, 0.4) is 0 Å². The van der Waals surface area contributed by atoms with E-state index in [1.54, 1.807) is 13.0 Å². The number of non-ortho nitro benzene ring substituents is 1. The molecule has 12 heteroatoms. The molecule has 1 N–H and O–H groups in total. The van der Waals surface area contributed by atoms with E-state index < -0.39 is 33.4 Å². The van der Waals surface area contributed by atoms with Gasteiger partial charge in [-0.2, -0.15) is 0 Å². The van der Waals surface area contributed by atoms with Crippen molar-refractivity contribution in [2.24, 2.45) is 0 Å². The normalized spacial score (nSPS) is 13.7. The van der Waals surface area contributed by atoms with Crippen LogP contribution in [0.4, 0.5) is 17.1 Å². The van der Waals surface area contributed by atoms with Gasteiger partial charge in [0.25, 0.3) is 11.6 Å². The Morgan fingerprint density at radius 2 is 1.82 bits per heavy atom. The van der Waals surface area contributed by atoms with Crippen LogP contribution in [0.1, 0.15) is 28.8 Å². The van der Waals surface area contributed by atoms with E-state index in [0.717, 1.165) is 30.2 Å². The molecule has 0 radical (unpaired) electrons. The molecule has 1 amide bonds. The van der Waals surface area contributed by atoms with Gasteiger partial charge in [-0.1, -0.05) is 0 Å². The molecule has 2 aromatic carbocycles. The first kappa shape index (κ1) is 25.1. The summed E-state index contributed by atoms with van der Waals surface area (Å²) in [7, 11) is -0.990. The topological polar surface area (TPSA) is 139 Å². The predicted octanol–water partition coefficient (Wildman–Crippen LogP) is 2.55. The first-order valence-corrected chi connectivity index (χ1v) is 12.0. The van der Waals surface area contributed by atoms with Crippen LogP contribution in [-0.2, 0) is 19.6 Å². The SMILES string of the molecule is Cc1cc([N+](=O)[O-])ccc1NC(=O)COC(=O)c1cc(S(=O)(=O)N(C)C)ccc1N1CCCC1. The van der Waals surface area contributed by atoms with Gasteiger partial charge in [0.15, 0.2) is 6.61 Å². The average molecular weight is 491 g/mol. The molecule has 1 aliphatic rings. The van der Waals surface area contributed by atoms with Crippen LogP contribution in [0, 0.1) is 17.0 Å². The molecule has 1 aliphatic heterocycles. The summed E-state index contributed by atoms with van der Waals surface area (Å²) in [6.45, 7) is 2.44. The van der Waals surface area contributed by atoms with Crippen LogP contribution in [-0.4, -0.2) is 63.3 Å². The number of aryl methyl sites for hydroxylation is 1. The molecule has 0 spiro atoms. The lowest BCUT2D eigenvalue weighted by Crippen LogP contribution is -2.26. The third kappa shape index (κ3) is 5.51. The maximum absolute atomic E-state index is 12.9. The van der Waals surface area contributed by atoms with E-state index in [9.17, 15) is 28.1 Å². The molecule has 0 unspecified atom stereocenters. The number of hydrogen-bond acceptors (Lipinski definition) is 8. The highest BCUT2D eigenvalue weighted by Crippen LogP contribution is 2.29. The first-order valence-electron chi connectivity index (χ1n) is 10.5. The zero-order chi connectivity index (χ0) is 25.0. The summed E-state index contributed by atoms with van der Waals surface area (Å²) in [4.78, 5) is 37.5. The highest BCUT2D eigenvalue weighted by atomic mass is 32.2. The Bertz CT molecular complexity index is 1220. The van der Waals surface area contributed by atoms with E-state index in [1.807, 2.05) is 4.90 Å². The minimum atomic E-state index is -3.78. The number of nitro groups is 1. The van der Waals surface area contributed by atoms with Crippen LogP contribution in [0.5, 0.6) is 0 Å². The molecule has 1 heterocycles. The Morgan fingerprint density at radius 3 is 2.41 bits per heavy atom. The number of ether oxygens (including phenoxy) is 1. The van der Waals surface area contributed by atoms with Crippen LogP contribution in [0.15, 0.2) is 41.3 Å². The van der Waals surface area contributed by atoms with Crippen molar-refractivity contribution in [3.63, 3.8) is 0 Å². The smallest absolute Gasteiger partial charge is 0.340 e. The molecule has 11 nitrogen and oxygen atoms in total. The van der Waals surface area contributed by atoms with Crippen molar-refractivity contribution >= 4 is 39.0 Å². The van der Waals surface area contributed by atoms with E-state index in [-0.39, 0.29) is 16.1 Å². The summed E-state index contributed by atoms with van der Waals surface area (Å²) in [6, 6.07) is 8.27. The van der Waals surface area contributed by atoms with E-state index in [4.69, 9.17) is 4.74 Å². The molecule has 1 saturated heterocycles. The predicted molar refractivity (Wildman–Crippen MR) is 126 cm³/mol. The fourth-order valence-corrected chi connectivity index (χ4v) is 4.51. The zero-order valence-electron chi connectivity index (χ0n) is 19.1. The zero-order valence-corrected chi connectivity index (χ0v) is 19.9. The van der Waals surface area contributed by atoms with Gasteiger partial charge in [0.1, 0.15) is 0 Å². The van der Waals surface area contributed by atoms with Gasteiger partial charge in [-0.25, -0.2) is 17.5 Å². The number of nitro benzene ring substituents is 1. The number of nitrogens with one attached hydrogen (secondary N) is 1. The number of amides is 1. The number of benzene rings is 2. The van der Waals surface area contributed by atoms with E-state index in [0.29, 0.717) is 16.9 Å². The Hall–Kier alpha value is -3.51. The van der Waals surface area contributed by atoms with Gasteiger partial charge >= 0.3 is 5.97 Å². The van der Waals surface area contributed by atoms with Crippen LogP contribution in [0.2, 0.25) is 0 Å². The quantitative estimate of drug-likeness (QED) is 0.338. The Morgan fingerprint density at radius 1 is 1.15 bits per heavy atom. The second-order valence-corrected chi connectivity index (χ2v) is 10.2. The molecule has 1 fully saturated rings. The van der Waals surface area contributed by atoms with Crippen molar-refractivity contribution in [3.8, 4) is 0 Å². The first-order chi connectivity index (χ1) is 16.0. The lowest BCUT2D eigenvalue weighted by atomic mass is 10.1. The number of carbonyl (C=O) groups excluding carboxylic acids is 2. The Labute approximate surface area is 197 Å². The fourth-order valence-electron chi connectivity index (χ4n) is 3.58. The number of carbonyl (C=O) groups is 2. The van der Waals surface area contributed by atoms with Gasteiger partial charge in [0.2, 0.25) is 10.0 Å². The van der Waals surface area contributed by atoms with Crippen LogP contribution in [0.25, 0.3) is 0 Å². The summed E-state index contributed by atoms with van der Waals surface area (Å²) in [6.07, 6.45) is 1.90. The number of nitrogens with zero attached hydrogens (tertiary/aromatic N) is 3. The highest BCUT2D eigenvalue weighted by Gasteiger charge is 2.25. The number of esters is 1. The molecule has 0 bridgehead atoms. The number of sulfonamides is 1. The van der Waals surface area contributed by atoms with E-state index in [2.05, 4.69) is 5.32 Å². The third-order valence-corrected chi connectivity index (χ3v) is 7.25. The van der Waals surface area contributed by atoms with Crippen molar-refractivity contribution in [1.82, 2.24) is 4.31 Å². The standard InChI is InChI=1S/C22H26N4O7S/c1-15-12-16(26(29)30)6-8-19(15)23-21(27)14-33-22(28)18-13-17(34(31,32)24(2)3)7-9-20(18)25-10-4-5-11-25/h6-9,12-13H,4-5,10-11,14H2,1-3H3,(H,23,27). The molecule has 182 valence electrons. The van der Waals surface area contributed by atoms with Gasteiger partial charge in [0, 0.05) is 45.0 Å². The van der Waals surface area contributed by atoms with Crippen molar-refractivity contribution in [2.45, 2.75) is 24.7 Å². The number of anilines is 2. The van der Waals surface area contributed by atoms with Gasteiger partial charge in [-0.3, -0.25) is 14.9 Å². The second-order valence-electron chi connectivity index (χ2n) is 8.04. The van der Waals surface area contributed by atoms with Crippen molar-refractivity contribution in [2.75, 3.05) is 44.0 Å². The Balaban J connectivity index is 1.77. The minimum absolute atomic E-state index is 0.0571. The van der Waals surface area contributed by atoms with Gasteiger partial charge in [-0.15, -0.1) is 0 Å². The molecular weight excluding hydrogens is 464 g/mol. The number of hydrogen-bond donors (Lipinski definition) is 1. The number of rotatable bonds is 8. The van der Waals surface area contributed by atoms with Gasteiger partial charge in [0.05, 0.1) is 21.1 Å². The summed E-state index contributed by atoms with van der Waals surface area (Å²) >= 11 is 0. The lowest BCUT2D eigenvalue weighted by molar-refractivity contribution is -0.384. The molecule has 34 heavy (non-hydrogen) atoms. The maximum Gasteiger partial charge on any atom is 0.340 e. The van der Waals surface area contributed by atoms with Crippen LogP contribution < -0.4 is 10.2 Å². The molecule has 2 aromatic rings. The molecule has 3 rings (SSSR count). The summed E-state index contributed by atoms with van der Waals surface area (Å²) in [5.74, 6) is -1.46. The van der Waals surface area contributed by atoms with E-state index in [1.165, 1.54) is 44.4 Å². The van der Waals surface area contributed by atoms with E-state index >= 15 is 0 Å². The molecule has 0 saturated carbocycles. The third-order valence-electron chi connectivity index (χ3n) is 5.44.